The quantitative estimate of drug-likeness (QED) is 0.477. The maximum absolute atomic E-state index is 13.1. The number of nitrogens with one attached hydrogen (secondary N) is 1. The topological polar surface area (TPSA) is 49.4 Å². The van der Waals surface area contributed by atoms with E-state index in [1.807, 2.05) is 6.07 Å². The molecule has 0 aromatic heterocycles. The van der Waals surface area contributed by atoms with E-state index in [2.05, 4.69) is 61.6 Å². The Labute approximate surface area is 202 Å². The average molecular weight is 481 g/mol. The van der Waals surface area contributed by atoms with Gasteiger partial charge in [-0.1, -0.05) is 51.1 Å². The normalized spacial score (nSPS) is 15.6. The molecule has 4 rings (SSSR count). The van der Waals surface area contributed by atoms with Gasteiger partial charge in [-0.05, 0) is 83.8 Å². The minimum Gasteiger partial charge on any atom is -0.296 e. The van der Waals surface area contributed by atoms with Crippen LogP contribution in [0.5, 0.6) is 0 Å². The summed E-state index contributed by atoms with van der Waals surface area (Å²) in [7, 11) is -3.73. The number of hydrogen-bond acceptors (Lipinski definition) is 3. The second-order valence-electron chi connectivity index (χ2n) is 10.3. The molecule has 3 aromatic carbocycles. The van der Waals surface area contributed by atoms with Crippen LogP contribution in [0.4, 0.5) is 10.1 Å². The lowest BCUT2D eigenvalue weighted by atomic mass is 9.86. The predicted molar refractivity (Wildman–Crippen MR) is 136 cm³/mol. The minimum absolute atomic E-state index is 0.154. The smallest absolute Gasteiger partial charge is 0.261 e. The number of hydrogen-bond donors (Lipinski definition) is 1. The molecule has 3 aromatic rings. The fraction of sp³-hybridized carbons (Fsp3) is 0.357. The van der Waals surface area contributed by atoms with E-state index in [9.17, 15) is 12.8 Å². The summed E-state index contributed by atoms with van der Waals surface area (Å²) >= 11 is 0. The molecular weight excluding hydrogens is 447 g/mol. The second-order valence-corrected chi connectivity index (χ2v) is 11.9. The summed E-state index contributed by atoms with van der Waals surface area (Å²) in [5, 5.41) is 0. The van der Waals surface area contributed by atoms with Crippen LogP contribution < -0.4 is 4.72 Å². The summed E-state index contributed by atoms with van der Waals surface area (Å²) in [6, 6.07) is 20.0. The highest BCUT2D eigenvalue weighted by atomic mass is 32.2. The molecular formula is C28H33FN2O2S. The van der Waals surface area contributed by atoms with Crippen LogP contribution in [0.2, 0.25) is 0 Å². The summed E-state index contributed by atoms with van der Waals surface area (Å²) in [5.74, 6) is -0.405. The molecule has 0 aliphatic carbocycles. The van der Waals surface area contributed by atoms with Crippen LogP contribution in [0.15, 0.2) is 71.6 Å². The summed E-state index contributed by atoms with van der Waals surface area (Å²) in [6.07, 6.45) is 1.79. The molecule has 1 aliphatic heterocycles. The van der Waals surface area contributed by atoms with Crippen LogP contribution in [-0.2, 0) is 34.8 Å². The molecule has 0 fully saturated rings. The number of sulfonamides is 1. The van der Waals surface area contributed by atoms with Crippen LogP contribution in [0.1, 0.15) is 49.9 Å². The van der Waals surface area contributed by atoms with Crippen LogP contribution in [0.3, 0.4) is 0 Å². The van der Waals surface area contributed by atoms with Crippen molar-refractivity contribution in [2.45, 2.75) is 63.4 Å². The van der Waals surface area contributed by atoms with Crippen LogP contribution in [-0.4, -0.2) is 25.9 Å². The average Bonchev–Trinajstić information content (AvgIpc) is 2.79. The molecule has 4 nitrogen and oxygen atoms in total. The van der Waals surface area contributed by atoms with Crippen molar-refractivity contribution in [3.63, 3.8) is 0 Å². The summed E-state index contributed by atoms with van der Waals surface area (Å²) in [5.41, 5.74) is 5.41. The molecule has 1 atom stereocenters. The van der Waals surface area contributed by atoms with Gasteiger partial charge in [0.2, 0.25) is 0 Å². The van der Waals surface area contributed by atoms with Gasteiger partial charge < -0.3 is 0 Å². The van der Waals surface area contributed by atoms with Crippen molar-refractivity contribution in [2.75, 3.05) is 11.3 Å². The van der Waals surface area contributed by atoms with Gasteiger partial charge in [0.1, 0.15) is 5.82 Å². The van der Waals surface area contributed by atoms with Gasteiger partial charge in [-0.25, -0.2) is 12.8 Å². The number of anilines is 1. The maximum Gasteiger partial charge on any atom is 0.261 e. The Bertz CT molecular complexity index is 1250. The zero-order valence-corrected chi connectivity index (χ0v) is 21.1. The minimum atomic E-state index is -3.73. The molecule has 1 heterocycles. The molecule has 6 heteroatoms. The second kappa shape index (κ2) is 9.51. The summed E-state index contributed by atoms with van der Waals surface area (Å²) in [4.78, 5) is 2.70. The number of nitrogens with zero attached hydrogens (tertiary/aromatic N) is 1. The van der Waals surface area contributed by atoms with E-state index < -0.39 is 15.8 Å². The molecule has 0 amide bonds. The monoisotopic (exact) mass is 480 g/mol. The first kappa shape index (κ1) is 24.4. The van der Waals surface area contributed by atoms with Gasteiger partial charge >= 0.3 is 0 Å². The van der Waals surface area contributed by atoms with E-state index in [0.717, 1.165) is 31.5 Å². The van der Waals surface area contributed by atoms with Crippen LogP contribution in [0, 0.1) is 5.82 Å². The van der Waals surface area contributed by atoms with Crippen molar-refractivity contribution in [2.24, 2.45) is 0 Å². The SMILES string of the molecule is C[C@H](Cc1ccc(C(C)(C)C)cc1)N1CCc2cc(S(=O)(=O)Nc3ccc(F)cc3)ccc2C1. The first-order chi connectivity index (χ1) is 16.0. The largest absolute Gasteiger partial charge is 0.296 e. The zero-order valence-electron chi connectivity index (χ0n) is 20.3. The Hall–Kier alpha value is -2.70. The van der Waals surface area contributed by atoms with Gasteiger partial charge in [0.25, 0.3) is 10.0 Å². The molecule has 1 N–H and O–H groups in total. The number of benzene rings is 3. The van der Waals surface area contributed by atoms with E-state index >= 15 is 0 Å². The first-order valence-corrected chi connectivity index (χ1v) is 13.2. The third-order valence-corrected chi connectivity index (χ3v) is 7.98. The standard InChI is InChI=1S/C28H33FN2O2S/c1-20(17-21-5-8-24(9-6-21)28(2,3)4)31-16-15-22-18-27(14-7-23(22)19-31)34(32,33)30-26-12-10-25(29)11-13-26/h5-14,18,20,30H,15-17,19H2,1-4H3/t20-/m1/s1. The Kier molecular flexibility index (Phi) is 6.83. The third kappa shape index (κ3) is 5.68. The summed E-state index contributed by atoms with van der Waals surface area (Å²) in [6.45, 7) is 10.6. The van der Waals surface area contributed by atoms with E-state index in [1.165, 1.54) is 41.0 Å². The van der Waals surface area contributed by atoms with Crippen LogP contribution in [0.25, 0.3) is 0 Å². The van der Waals surface area contributed by atoms with Gasteiger partial charge in [0.05, 0.1) is 4.90 Å². The van der Waals surface area contributed by atoms with E-state index in [1.54, 1.807) is 12.1 Å². The lowest BCUT2D eigenvalue weighted by Crippen LogP contribution is -2.38. The van der Waals surface area contributed by atoms with E-state index in [4.69, 9.17) is 0 Å². The van der Waals surface area contributed by atoms with Crippen molar-refractivity contribution in [1.29, 1.82) is 0 Å². The van der Waals surface area contributed by atoms with Crippen molar-refractivity contribution >= 4 is 15.7 Å². The van der Waals surface area contributed by atoms with Crippen LogP contribution >= 0.6 is 0 Å². The van der Waals surface area contributed by atoms with Gasteiger partial charge in [-0.15, -0.1) is 0 Å². The number of fused-ring (bicyclic) bond motifs is 1. The van der Waals surface area contributed by atoms with Crippen molar-refractivity contribution < 1.29 is 12.8 Å². The molecule has 0 saturated carbocycles. The van der Waals surface area contributed by atoms with Crippen molar-refractivity contribution in [3.05, 3.63) is 94.8 Å². The molecule has 0 saturated heterocycles. The Balaban J connectivity index is 1.42. The number of rotatable bonds is 6. The lowest BCUT2D eigenvalue weighted by Gasteiger charge is -2.34. The van der Waals surface area contributed by atoms with E-state index in [-0.39, 0.29) is 10.3 Å². The lowest BCUT2D eigenvalue weighted by molar-refractivity contribution is 0.189. The fourth-order valence-corrected chi connectivity index (χ4v) is 5.55. The van der Waals surface area contributed by atoms with E-state index in [0.29, 0.717) is 11.7 Å². The van der Waals surface area contributed by atoms with Gasteiger partial charge in [0.15, 0.2) is 0 Å². The Morgan fingerprint density at radius 2 is 1.65 bits per heavy atom. The summed E-state index contributed by atoms with van der Waals surface area (Å²) < 4.78 is 41.3. The highest BCUT2D eigenvalue weighted by molar-refractivity contribution is 7.92. The Morgan fingerprint density at radius 1 is 0.971 bits per heavy atom. The van der Waals surface area contributed by atoms with Crippen molar-refractivity contribution in [1.82, 2.24) is 4.90 Å². The maximum atomic E-state index is 13.1. The number of halogens is 1. The Morgan fingerprint density at radius 3 is 2.29 bits per heavy atom. The molecule has 34 heavy (non-hydrogen) atoms. The highest BCUT2D eigenvalue weighted by Crippen LogP contribution is 2.27. The molecule has 0 bridgehead atoms. The third-order valence-electron chi connectivity index (χ3n) is 6.60. The highest BCUT2D eigenvalue weighted by Gasteiger charge is 2.24. The van der Waals surface area contributed by atoms with Crippen molar-refractivity contribution in [3.8, 4) is 0 Å². The van der Waals surface area contributed by atoms with Gasteiger partial charge in [-0.3, -0.25) is 9.62 Å². The molecule has 0 radical (unpaired) electrons. The molecule has 180 valence electrons. The molecule has 1 aliphatic rings. The molecule has 0 unspecified atom stereocenters. The van der Waals surface area contributed by atoms with Gasteiger partial charge in [0, 0.05) is 24.8 Å². The van der Waals surface area contributed by atoms with Gasteiger partial charge in [-0.2, -0.15) is 0 Å². The zero-order chi connectivity index (χ0) is 24.5. The fourth-order valence-electron chi connectivity index (χ4n) is 4.44. The molecule has 0 spiro atoms. The predicted octanol–water partition coefficient (Wildman–Crippen LogP) is 5.91. The first-order valence-electron chi connectivity index (χ1n) is 11.7.